The first-order chi connectivity index (χ1) is 3.42. The summed E-state index contributed by atoms with van der Waals surface area (Å²) in [5, 5.41) is 0. The molecule has 0 rings (SSSR count). The molecule has 0 aliphatic carbocycles. The number of nitrogens with two attached hydrogens (primary N) is 1. The van der Waals surface area contributed by atoms with Gasteiger partial charge in [-0.3, -0.25) is 0 Å². The zero-order chi connectivity index (χ0) is 6.78. The van der Waals surface area contributed by atoms with Crippen LogP contribution in [-0.4, -0.2) is 24.0 Å². The lowest BCUT2D eigenvalue weighted by Gasteiger charge is -2.22. The Morgan fingerprint density at radius 1 is 1.62 bits per heavy atom. The van der Waals surface area contributed by atoms with E-state index in [9.17, 15) is 0 Å². The van der Waals surface area contributed by atoms with Crippen LogP contribution in [0, 0.1) is 7.05 Å². The van der Waals surface area contributed by atoms with Gasteiger partial charge in [-0.1, -0.05) is 0 Å². The van der Waals surface area contributed by atoms with Gasteiger partial charge in [0.05, 0.1) is 0 Å². The molecule has 2 heteroatoms. The molecule has 1 radical (unpaired) electrons. The van der Waals surface area contributed by atoms with E-state index in [0.717, 1.165) is 6.54 Å². The molecule has 0 spiro atoms. The Bertz CT molecular complexity index is 61.4. The molecule has 2 nitrogen and oxygen atoms in total. The number of rotatable bonds is 2. The Labute approximate surface area is 51.7 Å². The van der Waals surface area contributed by atoms with Gasteiger partial charge in [0.1, 0.15) is 0 Å². The molecule has 2 N–H and O–H groups in total. The van der Waals surface area contributed by atoms with Crippen molar-refractivity contribution in [3.05, 3.63) is 7.05 Å². The van der Waals surface area contributed by atoms with Gasteiger partial charge in [-0.2, -0.15) is 0 Å². The van der Waals surface area contributed by atoms with Crippen LogP contribution in [-0.2, 0) is 0 Å². The van der Waals surface area contributed by atoms with Crippen molar-refractivity contribution in [1.29, 1.82) is 0 Å². The molecule has 0 heterocycles. The summed E-state index contributed by atoms with van der Waals surface area (Å²) < 4.78 is 0. The van der Waals surface area contributed by atoms with Gasteiger partial charge in [-0.15, -0.1) is 0 Å². The lowest BCUT2D eigenvalue weighted by Crippen LogP contribution is -2.41. The third kappa shape index (κ3) is 5.92. The Morgan fingerprint density at radius 2 is 2.00 bits per heavy atom. The second-order valence-electron chi connectivity index (χ2n) is 3.00. The van der Waals surface area contributed by atoms with E-state index in [1.54, 1.807) is 0 Å². The fraction of sp³-hybridized carbons (Fsp3) is 0.833. The highest BCUT2D eigenvalue weighted by Gasteiger charge is 2.10. The predicted octanol–water partition coefficient (Wildman–Crippen LogP) is 0.447. The van der Waals surface area contributed by atoms with E-state index in [2.05, 4.69) is 7.05 Å². The fourth-order valence-electron chi connectivity index (χ4n) is 0.696. The summed E-state index contributed by atoms with van der Waals surface area (Å²) in [6.45, 7) is 4.79. The maximum absolute atomic E-state index is 5.65. The molecule has 0 saturated heterocycles. The van der Waals surface area contributed by atoms with Crippen LogP contribution < -0.4 is 5.73 Å². The SMILES string of the molecule is [CH2]N(C)CC(C)(C)N. The zero-order valence-corrected chi connectivity index (χ0v) is 5.94. The molecule has 0 aromatic carbocycles. The minimum atomic E-state index is -0.115. The van der Waals surface area contributed by atoms with Crippen LogP contribution in [0.3, 0.4) is 0 Å². The normalized spacial score (nSPS) is 12.8. The van der Waals surface area contributed by atoms with Gasteiger partial charge in [0.15, 0.2) is 0 Å². The third-order valence-electron chi connectivity index (χ3n) is 0.677. The topological polar surface area (TPSA) is 29.3 Å². The molecule has 0 fully saturated rings. The van der Waals surface area contributed by atoms with E-state index in [4.69, 9.17) is 5.73 Å². The van der Waals surface area contributed by atoms with E-state index in [0.29, 0.717) is 0 Å². The molecule has 0 aromatic rings. The van der Waals surface area contributed by atoms with Gasteiger partial charge >= 0.3 is 0 Å². The van der Waals surface area contributed by atoms with E-state index in [1.165, 1.54) is 0 Å². The summed E-state index contributed by atoms with van der Waals surface area (Å²) in [4.78, 5) is 1.83. The van der Waals surface area contributed by atoms with Crippen molar-refractivity contribution in [2.24, 2.45) is 5.73 Å². The van der Waals surface area contributed by atoms with Crippen molar-refractivity contribution in [2.75, 3.05) is 13.6 Å². The maximum atomic E-state index is 5.65. The number of hydrogen-bond acceptors (Lipinski definition) is 2. The molecular weight excluding hydrogens is 100 g/mol. The second-order valence-corrected chi connectivity index (χ2v) is 3.00. The maximum Gasteiger partial charge on any atom is 0.0225 e. The van der Waals surface area contributed by atoms with Crippen LogP contribution in [0.15, 0.2) is 0 Å². The number of likely N-dealkylation sites (N-methyl/N-ethyl adjacent to an activating group) is 1. The molecule has 0 unspecified atom stereocenters. The fourth-order valence-corrected chi connectivity index (χ4v) is 0.696. The smallest absolute Gasteiger partial charge is 0.0225 e. The standard InChI is InChI=1S/C6H15N2/c1-6(2,7)5-8(3)4/h3,5,7H2,1-2,4H3. The summed E-state index contributed by atoms with van der Waals surface area (Å²) in [5.41, 5.74) is 5.54. The Morgan fingerprint density at radius 3 is 2.00 bits per heavy atom. The zero-order valence-electron chi connectivity index (χ0n) is 5.94. The van der Waals surface area contributed by atoms with Gasteiger partial charge in [0.2, 0.25) is 0 Å². The molecule has 0 amide bonds. The molecular formula is C6H15N2. The van der Waals surface area contributed by atoms with Crippen molar-refractivity contribution in [3.8, 4) is 0 Å². The Kier molecular flexibility index (Phi) is 2.44. The summed E-state index contributed by atoms with van der Waals surface area (Å²) in [6.07, 6.45) is 0. The van der Waals surface area contributed by atoms with Crippen LogP contribution in [0.2, 0.25) is 0 Å². The Balaban J connectivity index is 3.39. The average Bonchev–Trinajstić information content (AvgIpc) is 1.21. The first-order valence-corrected chi connectivity index (χ1v) is 2.72. The highest BCUT2D eigenvalue weighted by atomic mass is 15.1. The van der Waals surface area contributed by atoms with Gasteiger partial charge in [-0.05, 0) is 20.9 Å². The highest BCUT2D eigenvalue weighted by Crippen LogP contribution is 1.96. The van der Waals surface area contributed by atoms with Crippen LogP contribution in [0.1, 0.15) is 13.8 Å². The molecule has 49 valence electrons. The molecule has 8 heavy (non-hydrogen) atoms. The van der Waals surface area contributed by atoms with Gasteiger partial charge < -0.3 is 10.6 Å². The minimum absolute atomic E-state index is 0.115. The summed E-state index contributed by atoms with van der Waals surface area (Å²) in [7, 11) is 5.59. The van der Waals surface area contributed by atoms with Crippen molar-refractivity contribution in [2.45, 2.75) is 19.4 Å². The molecule has 0 bridgehead atoms. The lowest BCUT2D eigenvalue weighted by atomic mass is 10.1. The van der Waals surface area contributed by atoms with Crippen molar-refractivity contribution < 1.29 is 0 Å². The van der Waals surface area contributed by atoms with Crippen LogP contribution in [0.4, 0.5) is 0 Å². The van der Waals surface area contributed by atoms with Crippen LogP contribution >= 0.6 is 0 Å². The Hall–Kier alpha value is -0.0800. The quantitative estimate of drug-likeness (QED) is 0.566. The number of nitrogens with zero attached hydrogens (tertiary/aromatic N) is 1. The monoisotopic (exact) mass is 115 g/mol. The first kappa shape index (κ1) is 7.92. The summed E-state index contributed by atoms with van der Waals surface area (Å²) in [6, 6.07) is 0. The van der Waals surface area contributed by atoms with E-state index in [-0.39, 0.29) is 5.54 Å². The van der Waals surface area contributed by atoms with Crippen molar-refractivity contribution in [1.82, 2.24) is 4.90 Å². The number of hydrogen-bond donors (Lipinski definition) is 1. The molecule has 0 atom stereocenters. The minimum Gasteiger partial charge on any atom is -0.324 e. The first-order valence-electron chi connectivity index (χ1n) is 2.72. The van der Waals surface area contributed by atoms with E-state index in [1.807, 2.05) is 25.8 Å². The van der Waals surface area contributed by atoms with Crippen molar-refractivity contribution in [3.63, 3.8) is 0 Å². The second kappa shape index (κ2) is 2.46. The van der Waals surface area contributed by atoms with Gasteiger partial charge in [-0.25, -0.2) is 0 Å². The molecule has 0 saturated carbocycles. The summed E-state index contributed by atoms with van der Waals surface area (Å²) >= 11 is 0. The van der Waals surface area contributed by atoms with Crippen molar-refractivity contribution >= 4 is 0 Å². The predicted molar refractivity (Wildman–Crippen MR) is 36.3 cm³/mol. The third-order valence-corrected chi connectivity index (χ3v) is 0.677. The van der Waals surface area contributed by atoms with E-state index < -0.39 is 0 Å². The van der Waals surface area contributed by atoms with Crippen LogP contribution in [0.5, 0.6) is 0 Å². The van der Waals surface area contributed by atoms with Crippen LogP contribution in [0.25, 0.3) is 0 Å². The van der Waals surface area contributed by atoms with Gasteiger partial charge in [0, 0.05) is 19.1 Å². The molecule has 0 aliphatic heterocycles. The average molecular weight is 115 g/mol. The highest BCUT2D eigenvalue weighted by molar-refractivity contribution is 4.74. The molecule has 0 aromatic heterocycles. The lowest BCUT2D eigenvalue weighted by molar-refractivity contribution is 0.342. The molecule has 0 aliphatic rings. The summed E-state index contributed by atoms with van der Waals surface area (Å²) in [5.74, 6) is 0. The van der Waals surface area contributed by atoms with E-state index >= 15 is 0 Å². The largest absolute Gasteiger partial charge is 0.324 e. The van der Waals surface area contributed by atoms with Gasteiger partial charge in [0.25, 0.3) is 0 Å².